The van der Waals surface area contributed by atoms with E-state index in [-0.39, 0.29) is 0 Å². The highest BCUT2D eigenvalue weighted by molar-refractivity contribution is 5.97. The summed E-state index contributed by atoms with van der Waals surface area (Å²) < 4.78 is 4.53. The molecule has 0 radical (unpaired) electrons. The van der Waals surface area contributed by atoms with E-state index in [0.29, 0.717) is 17.7 Å². The Morgan fingerprint density at radius 3 is 2.77 bits per heavy atom. The number of rotatable bonds is 3. The van der Waals surface area contributed by atoms with Crippen LogP contribution in [0.4, 0.5) is 5.69 Å². The van der Waals surface area contributed by atoms with E-state index in [1.54, 1.807) is 24.3 Å². The van der Waals surface area contributed by atoms with E-state index in [4.69, 9.17) is 0 Å². The number of para-hydroxylation sites is 1. The van der Waals surface area contributed by atoms with E-state index < -0.39 is 5.97 Å². The number of carbonyl (C=O) groups excluding carboxylic acids is 2. The summed E-state index contributed by atoms with van der Waals surface area (Å²) >= 11 is 0. The molecule has 0 saturated carbocycles. The molecule has 0 atom stereocenters. The van der Waals surface area contributed by atoms with Crippen LogP contribution < -0.4 is 5.32 Å². The lowest BCUT2D eigenvalue weighted by Crippen LogP contribution is -2.06. The zero-order valence-corrected chi connectivity index (χ0v) is 7.11. The van der Waals surface area contributed by atoms with Gasteiger partial charge in [0, 0.05) is 0 Å². The third-order valence-corrected chi connectivity index (χ3v) is 1.55. The summed E-state index contributed by atoms with van der Waals surface area (Å²) in [5, 5.41) is 2.41. The molecule has 13 heavy (non-hydrogen) atoms. The van der Waals surface area contributed by atoms with Crippen molar-refractivity contribution in [3.05, 3.63) is 29.8 Å². The van der Waals surface area contributed by atoms with Crippen molar-refractivity contribution < 1.29 is 14.3 Å². The molecule has 1 rings (SSSR count). The number of amides is 1. The number of carbonyl (C=O) groups is 2. The van der Waals surface area contributed by atoms with E-state index in [0.717, 1.165) is 0 Å². The first-order valence-corrected chi connectivity index (χ1v) is 3.67. The van der Waals surface area contributed by atoms with E-state index in [9.17, 15) is 9.59 Å². The Labute approximate surface area is 75.5 Å². The summed E-state index contributed by atoms with van der Waals surface area (Å²) in [4.78, 5) is 21.3. The van der Waals surface area contributed by atoms with Crippen LogP contribution in [0.25, 0.3) is 0 Å². The minimum atomic E-state index is -0.468. The van der Waals surface area contributed by atoms with E-state index >= 15 is 0 Å². The second-order valence-corrected chi connectivity index (χ2v) is 2.30. The van der Waals surface area contributed by atoms with Crippen LogP contribution in [-0.2, 0) is 9.53 Å². The van der Waals surface area contributed by atoms with Crippen molar-refractivity contribution in [3.63, 3.8) is 0 Å². The molecule has 0 fully saturated rings. The number of hydrogen-bond acceptors (Lipinski definition) is 3. The number of methoxy groups -OCH3 is 1. The molecule has 1 N–H and O–H groups in total. The van der Waals surface area contributed by atoms with Gasteiger partial charge in [-0.25, -0.2) is 4.79 Å². The fourth-order valence-electron chi connectivity index (χ4n) is 0.960. The normalized spacial score (nSPS) is 9.00. The molecule has 4 heteroatoms. The molecular weight excluding hydrogens is 170 g/mol. The van der Waals surface area contributed by atoms with Gasteiger partial charge in [0.05, 0.1) is 18.4 Å². The van der Waals surface area contributed by atoms with Gasteiger partial charge in [-0.2, -0.15) is 0 Å². The van der Waals surface area contributed by atoms with Gasteiger partial charge < -0.3 is 10.1 Å². The van der Waals surface area contributed by atoms with Crippen molar-refractivity contribution in [2.45, 2.75) is 0 Å². The number of benzene rings is 1. The summed E-state index contributed by atoms with van der Waals surface area (Å²) in [6, 6.07) is 6.62. The molecule has 1 aromatic carbocycles. The van der Waals surface area contributed by atoms with Crippen LogP contribution in [0.2, 0.25) is 0 Å². The maximum atomic E-state index is 11.1. The van der Waals surface area contributed by atoms with Crippen LogP contribution in [-0.4, -0.2) is 19.5 Å². The van der Waals surface area contributed by atoms with Crippen LogP contribution >= 0.6 is 0 Å². The lowest BCUT2D eigenvalue weighted by Gasteiger charge is -2.04. The smallest absolute Gasteiger partial charge is 0.339 e. The van der Waals surface area contributed by atoms with Gasteiger partial charge in [0.2, 0.25) is 6.41 Å². The molecule has 0 aliphatic heterocycles. The SMILES string of the molecule is COC(=O)c1ccccc1NC=O. The van der Waals surface area contributed by atoms with Gasteiger partial charge >= 0.3 is 5.97 Å². The first-order chi connectivity index (χ1) is 6.29. The average Bonchev–Trinajstić information content (AvgIpc) is 2.18. The fraction of sp³-hybridized carbons (Fsp3) is 0.111. The third kappa shape index (κ3) is 2.05. The Kier molecular flexibility index (Phi) is 3.03. The van der Waals surface area contributed by atoms with Crippen molar-refractivity contribution >= 4 is 18.1 Å². The Bertz CT molecular complexity index is 322. The van der Waals surface area contributed by atoms with Gasteiger partial charge in [-0.3, -0.25) is 4.79 Å². The lowest BCUT2D eigenvalue weighted by atomic mass is 10.2. The molecule has 1 aromatic rings. The largest absolute Gasteiger partial charge is 0.465 e. The zero-order valence-electron chi connectivity index (χ0n) is 7.11. The number of nitrogens with one attached hydrogen (secondary N) is 1. The van der Waals surface area contributed by atoms with Gasteiger partial charge in [0.1, 0.15) is 0 Å². The van der Waals surface area contributed by atoms with Crippen LogP contribution in [0.1, 0.15) is 10.4 Å². The zero-order chi connectivity index (χ0) is 9.68. The Balaban J connectivity index is 3.03. The van der Waals surface area contributed by atoms with Gasteiger partial charge in [-0.1, -0.05) is 12.1 Å². The predicted molar refractivity (Wildman–Crippen MR) is 47.5 cm³/mol. The lowest BCUT2D eigenvalue weighted by molar-refractivity contribution is -0.105. The van der Waals surface area contributed by atoms with Gasteiger partial charge in [0.25, 0.3) is 0 Å². The van der Waals surface area contributed by atoms with E-state index in [1.165, 1.54) is 7.11 Å². The van der Waals surface area contributed by atoms with E-state index in [1.807, 2.05) is 0 Å². The third-order valence-electron chi connectivity index (χ3n) is 1.55. The molecule has 0 aromatic heterocycles. The average molecular weight is 179 g/mol. The van der Waals surface area contributed by atoms with Gasteiger partial charge in [-0.05, 0) is 12.1 Å². The molecule has 1 amide bonds. The summed E-state index contributed by atoms with van der Waals surface area (Å²) in [6.45, 7) is 0. The van der Waals surface area contributed by atoms with E-state index in [2.05, 4.69) is 10.1 Å². The number of anilines is 1. The summed E-state index contributed by atoms with van der Waals surface area (Å²) in [7, 11) is 1.29. The second kappa shape index (κ2) is 4.25. The van der Waals surface area contributed by atoms with Crippen molar-refractivity contribution in [2.75, 3.05) is 12.4 Å². The summed E-state index contributed by atoms with van der Waals surface area (Å²) in [5.41, 5.74) is 0.793. The molecule has 68 valence electrons. The number of ether oxygens (including phenoxy) is 1. The second-order valence-electron chi connectivity index (χ2n) is 2.30. The van der Waals surface area contributed by atoms with Gasteiger partial charge in [-0.15, -0.1) is 0 Å². The minimum Gasteiger partial charge on any atom is -0.465 e. The Morgan fingerprint density at radius 2 is 2.15 bits per heavy atom. The van der Waals surface area contributed by atoms with Crippen molar-refractivity contribution in [1.29, 1.82) is 0 Å². The Hall–Kier alpha value is -1.84. The molecule has 0 aliphatic carbocycles. The topological polar surface area (TPSA) is 55.4 Å². The van der Waals surface area contributed by atoms with Crippen molar-refractivity contribution in [1.82, 2.24) is 0 Å². The fourth-order valence-corrected chi connectivity index (χ4v) is 0.960. The summed E-state index contributed by atoms with van der Waals surface area (Å²) in [6.07, 6.45) is 0.516. The molecule has 0 aliphatic rings. The van der Waals surface area contributed by atoms with Crippen molar-refractivity contribution in [2.24, 2.45) is 0 Å². The van der Waals surface area contributed by atoms with Crippen LogP contribution in [0.5, 0.6) is 0 Å². The predicted octanol–water partition coefficient (Wildman–Crippen LogP) is 1.04. The standard InChI is InChI=1S/C9H9NO3/c1-13-9(12)7-4-2-3-5-8(7)10-6-11/h2-6H,1H3,(H,10,11). The number of hydrogen-bond donors (Lipinski definition) is 1. The molecule has 4 nitrogen and oxygen atoms in total. The highest BCUT2D eigenvalue weighted by Crippen LogP contribution is 2.14. The highest BCUT2D eigenvalue weighted by atomic mass is 16.5. The first kappa shape index (κ1) is 9.25. The molecule has 0 unspecified atom stereocenters. The molecule has 0 heterocycles. The Morgan fingerprint density at radius 1 is 1.46 bits per heavy atom. The molecule has 0 spiro atoms. The van der Waals surface area contributed by atoms with Crippen LogP contribution in [0, 0.1) is 0 Å². The van der Waals surface area contributed by atoms with Crippen LogP contribution in [0.3, 0.4) is 0 Å². The van der Waals surface area contributed by atoms with Crippen molar-refractivity contribution in [3.8, 4) is 0 Å². The quantitative estimate of drug-likeness (QED) is 0.557. The monoisotopic (exact) mass is 179 g/mol. The highest BCUT2D eigenvalue weighted by Gasteiger charge is 2.09. The summed E-state index contributed by atoms with van der Waals surface area (Å²) in [5.74, 6) is -0.468. The molecule has 0 saturated heterocycles. The molecular formula is C9H9NO3. The number of esters is 1. The maximum Gasteiger partial charge on any atom is 0.339 e. The maximum absolute atomic E-state index is 11.1. The van der Waals surface area contributed by atoms with Crippen LogP contribution in [0.15, 0.2) is 24.3 Å². The first-order valence-electron chi connectivity index (χ1n) is 3.67. The minimum absolute atomic E-state index is 0.345. The van der Waals surface area contributed by atoms with Gasteiger partial charge in [0.15, 0.2) is 0 Å². The molecule has 0 bridgehead atoms.